The Labute approximate surface area is 111 Å². The molecule has 0 spiro atoms. The highest BCUT2D eigenvalue weighted by Crippen LogP contribution is 2.18. The summed E-state index contributed by atoms with van der Waals surface area (Å²) in [5, 5.41) is 17.5. The summed E-state index contributed by atoms with van der Waals surface area (Å²) in [6.45, 7) is 2.35. The summed E-state index contributed by atoms with van der Waals surface area (Å²) in [5.74, 6) is -0.341. The van der Waals surface area contributed by atoms with Crippen molar-refractivity contribution in [1.82, 2.24) is 9.78 Å². The lowest BCUT2D eigenvalue weighted by Crippen LogP contribution is -2.12. The van der Waals surface area contributed by atoms with Crippen molar-refractivity contribution in [3.05, 3.63) is 47.5 Å². The Morgan fingerprint density at radius 2 is 2.26 bits per heavy atom. The Bertz CT molecular complexity index is 553. The minimum Gasteiger partial charge on any atom is -0.387 e. The van der Waals surface area contributed by atoms with E-state index in [1.54, 1.807) is 16.8 Å². The summed E-state index contributed by atoms with van der Waals surface area (Å²) < 4.78 is 14.8. The molecule has 0 saturated carbocycles. The molecule has 2 aromatic rings. The van der Waals surface area contributed by atoms with Crippen LogP contribution in [0.4, 0.5) is 10.1 Å². The van der Waals surface area contributed by atoms with Crippen molar-refractivity contribution in [2.45, 2.75) is 19.4 Å². The lowest BCUT2D eigenvalue weighted by molar-refractivity contribution is 0.191. The predicted molar refractivity (Wildman–Crippen MR) is 72.4 cm³/mol. The summed E-state index contributed by atoms with van der Waals surface area (Å²) >= 11 is 0. The molecule has 0 fully saturated rings. The van der Waals surface area contributed by atoms with E-state index in [2.05, 4.69) is 10.4 Å². The highest BCUT2D eigenvalue weighted by atomic mass is 19.1. The SMILES string of the molecule is CCc1nn(C)cc1NCC(O)c1cccc(F)c1. The van der Waals surface area contributed by atoms with Crippen molar-refractivity contribution >= 4 is 5.69 Å². The molecule has 1 unspecified atom stereocenters. The first-order valence-electron chi connectivity index (χ1n) is 6.30. The molecule has 0 radical (unpaired) electrons. The lowest BCUT2D eigenvalue weighted by Gasteiger charge is -2.12. The zero-order chi connectivity index (χ0) is 13.8. The third kappa shape index (κ3) is 3.32. The maximum atomic E-state index is 13.1. The number of hydrogen-bond donors (Lipinski definition) is 2. The van der Waals surface area contributed by atoms with E-state index in [0.717, 1.165) is 17.8 Å². The first kappa shape index (κ1) is 13.5. The quantitative estimate of drug-likeness (QED) is 0.870. The molecule has 0 aliphatic heterocycles. The topological polar surface area (TPSA) is 50.1 Å². The van der Waals surface area contributed by atoms with Gasteiger partial charge in [-0.25, -0.2) is 4.39 Å². The molecule has 0 aliphatic carbocycles. The standard InChI is InChI=1S/C14H18FN3O/c1-3-12-13(9-18(2)17-12)16-8-14(19)10-5-4-6-11(15)7-10/h4-7,9,14,16,19H,3,8H2,1-2H3. The summed E-state index contributed by atoms with van der Waals surface area (Å²) in [4.78, 5) is 0. The first-order chi connectivity index (χ1) is 9.10. The van der Waals surface area contributed by atoms with Gasteiger partial charge in [0.1, 0.15) is 5.82 Å². The van der Waals surface area contributed by atoms with Gasteiger partial charge in [0.25, 0.3) is 0 Å². The van der Waals surface area contributed by atoms with Crippen LogP contribution < -0.4 is 5.32 Å². The highest BCUT2D eigenvalue weighted by Gasteiger charge is 2.10. The van der Waals surface area contributed by atoms with Crippen LogP contribution >= 0.6 is 0 Å². The van der Waals surface area contributed by atoms with Gasteiger partial charge in [-0.2, -0.15) is 5.10 Å². The molecule has 2 rings (SSSR count). The normalized spacial score (nSPS) is 12.4. The fourth-order valence-electron chi connectivity index (χ4n) is 1.98. The average Bonchev–Trinajstić information content (AvgIpc) is 2.76. The molecule has 0 amide bonds. The molecular formula is C14H18FN3O. The molecule has 0 bridgehead atoms. The van der Waals surface area contributed by atoms with Gasteiger partial charge in [-0.3, -0.25) is 4.68 Å². The van der Waals surface area contributed by atoms with Crippen molar-refractivity contribution in [1.29, 1.82) is 0 Å². The van der Waals surface area contributed by atoms with E-state index in [1.165, 1.54) is 12.1 Å². The second-order valence-corrected chi connectivity index (χ2v) is 4.47. The van der Waals surface area contributed by atoms with E-state index in [-0.39, 0.29) is 5.82 Å². The highest BCUT2D eigenvalue weighted by molar-refractivity contribution is 5.46. The van der Waals surface area contributed by atoms with Crippen LogP contribution in [0.1, 0.15) is 24.3 Å². The third-order valence-corrected chi connectivity index (χ3v) is 2.96. The van der Waals surface area contributed by atoms with Crippen LogP contribution in [-0.2, 0) is 13.5 Å². The molecule has 19 heavy (non-hydrogen) atoms. The molecule has 102 valence electrons. The van der Waals surface area contributed by atoms with E-state index in [4.69, 9.17) is 0 Å². The van der Waals surface area contributed by atoms with Gasteiger partial charge in [-0.05, 0) is 24.1 Å². The second kappa shape index (κ2) is 5.84. The number of halogens is 1. The number of aryl methyl sites for hydroxylation is 2. The van der Waals surface area contributed by atoms with Crippen LogP contribution in [0.15, 0.2) is 30.5 Å². The van der Waals surface area contributed by atoms with E-state index >= 15 is 0 Å². The van der Waals surface area contributed by atoms with Crippen molar-refractivity contribution in [2.24, 2.45) is 7.05 Å². The second-order valence-electron chi connectivity index (χ2n) is 4.47. The van der Waals surface area contributed by atoms with Gasteiger partial charge < -0.3 is 10.4 Å². The molecule has 0 saturated heterocycles. The number of nitrogens with zero attached hydrogens (tertiary/aromatic N) is 2. The van der Waals surface area contributed by atoms with Crippen LogP contribution in [-0.4, -0.2) is 21.4 Å². The van der Waals surface area contributed by atoms with Gasteiger partial charge in [0.05, 0.1) is 17.5 Å². The van der Waals surface area contributed by atoms with Gasteiger partial charge in [-0.15, -0.1) is 0 Å². The van der Waals surface area contributed by atoms with Crippen molar-refractivity contribution in [3.8, 4) is 0 Å². The van der Waals surface area contributed by atoms with E-state index < -0.39 is 6.10 Å². The fourth-order valence-corrected chi connectivity index (χ4v) is 1.98. The van der Waals surface area contributed by atoms with Crippen LogP contribution in [0.25, 0.3) is 0 Å². The fraction of sp³-hybridized carbons (Fsp3) is 0.357. The Morgan fingerprint density at radius 3 is 2.95 bits per heavy atom. The smallest absolute Gasteiger partial charge is 0.123 e. The van der Waals surface area contributed by atoms with Gasteiger partial charge >= 0.3 is 0 Å². The summed E-state index contributed by atoms with van der Waals surface area (Å²) in [5.41, 5.74) is 2.42. The Hall–Kier alpha value is -1.88. The van der Waals surface area contributed by atoms with Crippen molar-refractivity contribution < 1.29 is 9.50 Å². The number of anilines is 1. The molecular weight excluding hydrogens is 245 g/mol. The van der Waals surface area contributed by atoms with E-state index in [1.807, 2.05) is 20.2 Å². The van der Waals surface area contributed by atoms with Crippen molar-refractivity contribution in [2.75, 3.05) is 11.9 Å². The number of rotatable bonds is 5. The molecule has 0 aliphatic rings. The van der Waals surface area contributed by atoms with E-state index in [0.29, 0.717) is 12.1 Å². The zero-order valence-electron chi connectivity index (χ0n) is 11.1. The van der Waals surface area contributed by atoms with Gasteiger partial charge in [0.15, 0.2) is 0 Å². The van der Waals surface area contributed by atoms with E-state index in [9.17, 15) is 9.50 Å². The Morgan fingerprint density at radius 1 is 1.47 bits per heavy atom. The molecule has 1 aromatic carbocycles. The average molecular weight is 263 g/mol. The maximum Gasteiger partial charge on any atom is 0.123 e. The number of benzene rings is 1. The predicted octanol–water partition coefficient (Wildman–Crippen LogP) is 2.27. The van der Waals surface area contributed by atoms with Crippen molar-refractivity contribution in [3.63, 3.8) is 0 Å². The number of aromatic nitrogens is 2. The summed E-state index contributed by atoms with van der Waals surface area (Å²) in [6, 6.07) is 6.01. The van der Waals surface area contributed by atoms with Crippen LogP contribution in [0, 0.1) is 5.82 Å². The molecule has 2 N–H and O–H groups in total. The zero-order valence-corrected chi connectivity index (χ0v) is 11.1. The summed E-state index contributed by atoms with van der Waals surface area (Å²) in [6.07, 6.45) is 1.94. The van der Waals surface area contributed by atoms with Gasteiger partial charge in [0.2, 0.25) is 0 Å². The lowest BCUT2D eigenvalue weighted by atomic mass is 10.1. The molecule has 4 nitrogen and oxygen atoms in total. The maximum absolute atomic E-state index is 13.1. The Kier molecular flexibility index (Phi) is 4.16. The molecule has 1 aromatic heterocycles. The molecule has 1 heterocycles. The molecule has 1 atom stereocenters. The largest absolute Gasteiger partial charge is 0.387 e. The third-order valence-electron chi connectivity index (χ3n) is 2.96. The van der Waals surface area contributed by atoms with Crippen LogP contribution in [0.2, 0.25) is 0 Å². The minimum absolute atomic E-state index is 0.322. The number of aliphatic hydroxyl groups is 1. The Balaban J connectivity index is 2.02. The molecule has 5 heteroatoms. The first-order valence-corrected chi connectivity index (χ1v) is 6.30. The monoisotopic (exact) mass is 263 g/mol. The number of aliphatic hydroxyl groups excluding tert-OH is 1. The van der Waals surface area contributed by atoms with Gasteiger partial charge in [-0.1, -0.05) is 19.1 Å². The van der Waals surface area contributed by atoms with Crippen LogP contribution in [0.5, 0.6) is 0 Å². The minimum atomic E-state index is -0.749. The number of nitrogens with one attached hydrogen (secondary N) is 1. The summed E-state index contributed by atoms with van der Waals surface area (Å²) in [7, 11) is 1.85. The van der Waals surface area contributed by atoms with Crippen LogP contribution in [0.3, 0.4) is 0 Å². The van der Waals surface area contributed by atoms with Gasteiger partial charge in [0, 0.05) is 19.8 Å². The number of hydrogen-bond acceptors (Lipinski definition) is 3.